The van der Waals surface area contributed by atoms with Crippen LogP contribution in [0.4, 0.5) is 10.1 Å². The van der Waals surface area contributed by atoms with Crippen LogP contribution in [-0.2, 0) is 6.67 Å². The molecule has 1 aliphatic heterocycles. The van der Waals surface area contributed by atoms with E-state index in [4.69, 9.17) is 17.0 Å². The fraction of sp³-hybridized carbons (Fsp3) is 0.300. The van der Waals surface area contributed by atoms with E-state index in [2.05, 4.69) is 14.9 Å². The first-order valence-corrected chi connectivity index (χ1v) is 9.56. The molecule has 28 heavy (non-hydrogen) atoms. The van der Waals surface area contributed by atoms with Crippen LogP contribution >= 0.6 is 12.2 Å². The third kappa shape index (κ3) is 3.93. The smallest absolute Gasteiger partial charge is 0.203 e. The number of nitrogens with zero attached hydrogens (tertiary/aromatic N) is 5. The Balaban J connectivity index is 1.39. The van der Waals surface area contributed by atoms with Crippen LogP contribution in [0.3, 0.4) is 0 Å². The molecule has 0 saturated carbocycles. The third-order valence-electron chi connectivity index (χ3n) is 4.98. The fourth-order valence-corrected chi connectivity index (χ4v) is 3.60. The van der Waals surface area contributed by atoms with Gasteiger partial charge in [-0.2, -0.15) is 5.10 Å². The highest BCUT2D eigenvalue weighted by atomic mass is 32.1. The highest BCUT2D eigenvalue weighted by Gasteiger charge is 2.18. The Kier molecular flexibility index (Phi) is 5.40. The maximum absolute atomic E-state index is 13.1. The minimum atomic E-state index is -0.204. The summed E-state index contributed by atoms with van der Waals surface area (Å²) < 4.78 is 22.7. The quantitative estimate of drug-likeness (QED) is 0.616. The number of anilines is 1. The van der Waals surface area contributed by atoms with Gasteiger partial charge in [0.25, 0.3) is 0 Å². The van der Waals surface area contributed by atoms with Crippen LogP contribution in [0.5, 0.6) is 5.75 Å². The van der Waals surface area contributed by atoms with Gasteiger partial charge in [0.1, 0.15) is 17.9 Å². The zero-order chi connectivity index (χ0) is 19.5. The minimum absolute atomic E-state index is 0.204. The van der Waals surface area contributed by atoms with Crippen LogP contribution in [-0.4, -0.2) is 52.5 Å². The molecule has 1 aliphatic rings. The van der Waals surface area contributed by atoms with E-state index in [0.717, 1.165) is 43.3 Å². The first-order valence-electron chi connectivity index (χ1n) is 9.16. The van der Waals surface area contributed by atoms with Gasteiger partial charge in [-0.15, -0.1) is 0 Å². The SMILES string of the molecule is COc1ccc(-n2cnn(CN3CCN(c4ccc(F)cc4)CC3)c2=S)cc1. The molecular formula is C20H22FN5OS. The number of halogens is 1. The van der Waals surface area contributed by atoms with Crippen molar-refractivity contribution >= 4 is 17.9 Å². The molecular weight excluding hydrogens is 377 g/mol. The average Bonchev–Trinajstić information content (AvgIpc) is 3.09. The van der Waals surface area contributed by atoms with E-state index >= 15 is 0 Å². The summed E-state index contributed by atoms with van der Waals surface area (Å²) in [6.07, 6.45) is 1.75. The summed E-state index contributed by atoms with van der Waals surface area (Å²) in [5.74, 6) is 0.603. The third-order valence-corrected chi connectivity index (χ3v) is 5.39. The molecule has 8 heteroatoms. The Morgan fingerprint density at radius 1 is 0.964 bits per heavy atom. The van der Waals surface area contributed by atoms with Crippen LogP contribution in [0.25, 0.3) is 5.69 Å². The molecule has 0 amide bonds. The summed E-state index contributed by atoms with van der Waals surface area (Å²) in [5, 5.41) is 4.46. The molecule has 146 valence electrons. The average molecular weight is 399 g/mol. The van der Waals surface area contributed by atoms with Gasteiger partial charge < -0.3 is 9.64 Å². The van der Waals surface area contributed by atoms with E-state index in [1.54, 1.807) is 13.4 Å². The highest BCUT2D eigenvalue weighted by molar-refractivity contribution is 7.71. The van der Waals surface area contributed by atoms with Crippen molar-refractivity contribution in [3.8, 4) is 11.4 Å². The minimum Gasteiger partial charge on any atom is -0.497 e. The van der Waals surface area contributed by atoms with Crippen molar-refractivity contribution in [1.29, 1.82) is 0 Å². The maximum Gasteiger partial charge on any atom is 0.203 e. The summed E-state index contributed by atoms with van der Waals surface area (Å²) in [6.45, 7) is 4.22. The molecule has 0 aliphatic carbocycles. The maximum atomic E-state index is 13.1. The summed E-state index contributed by atoms with van der Waals surface area (Å²) in [5.41, 5.74) is 2.01. The van der Waals surface area contributed by atoms with Crippen molar-refractivity contribution in [2.45, 2.75) is 6.67 Å². The number of piperazine rings is 1. The predicted molar refractivity (Wildman–Crippen MR) is 109 cm³/mol. The Morgan fingerprint density at radius 3 is 2.25 bits per heavy atom. The van der Waals surface area contributed by atoms with Gasteiger partial charge in [-0.3, -0.25) is 9.47 Å². The standard InChI is InChI=1S/C20H22FN5OS/c1-27-19-8-6-18(7-9-19)25-14-22-26(20(25)28)15-23-10-12-24(13-11-23)17-4-2-16(21)3-5-17/h2-9,14H,10-13,15H2,1H3. The predicted octanol–water partition coefficient (Wildman–Crippen LogP) is 3.33. The molecule has 0 radical (unpaired) electrons. The molecule has 0 N–H and O–H groups in total. The summed E-state index contributed by atoms with van der Waals surface area (Å²) in [7, 11) is 1.65. The normalized spacial score (nSPS) is 15.0. The monoisotopic (exact) mass is 399 g/mol. The Bertz CT molecular complexity index is 975. The van der Waals surface area contributed by atoms with Crippen LogP contribution < -0.4 is 9.64 Å². The number of aromatic nitrogens is 3. The van der Waals surface area contributed by atoms with Crippen molar-refractivity contribution in [3.05, 3.63) is 65.4 Å². The molecule has 2 heterocycles. The molecule has 0 spiro atoms. The van der Waals surface area contributed by atoms with Crippen LogP contribution in [0, 0.1) is 10.6 Å². The zero-order valence-electron chi connectivity index (χ0n) is 15.7. The van der Waals surface area contributed by atoms with Crippen LogP contribution in [0.2, 0.25) is 0 Å². The number of rotatable bonds is 5. The first-order chi connectivity index (χ1) is 13.6. The lowest BCUT2D eigenvalue weighted by atomic mass is 10.2. The lowest BCUT2D eigenvalue weighted by Crippen LogP contribution is -2.47. The van der Waals surface area contributed by atoms with E-state index in [0.29, 0.717) is 11.4 Å². The summed E-state index contributed by atoms with van der Waals surface area (Å²) in [6, 6.07) is 14.4. The van der Waals surface area contributed by atoms with E-state index in [1.807, 2.05) is 45.6 Å². The largest absolute Gasteiger partial charge is 0.497 e. The Morgan fingerprint density at radius 2 is 1.61 bits per heavy atom. The fourth-order valence-electron chi connectivity index (χ4n) is 3.34. The van der Waals surface area contributed by atoms with Crippen LogP contribution in [0.1, 0.15) is 0 Å². The second kappa shape index (κ2) is 8.12. The number of methoxy groups -OCH3 is 1. The van der Waals surface area contributed by atoms with E-state index in [1.165, 1.54) is 12.1 Å². The lowest BCUT2D eigenvalue weighted by Gasteiger charge is -2.35. The van der Waals surface area contributed by atoms with Gasteiger partial charge in [0.05, 0.1) is 13.8 Å². The number of hydrogen-bond donors (Lipinski definition) is 0. The first kappa shape index (κ1) is 18.6. The molecule has 4 rings (SSSR count). The second-order valence-electron chi connectivity index (χ2n) is 6.70. The number of ether oxygens (including phenoxy) is 1. The van der Waals surface area contributed by atoms with Gasteiger partial charge in [-0.05, 0) is 60.7 Å². The van der Waals surface area contributed by atoms with Gasteiger partial charge >= 0.3 is 0 Å². The molecule has 1 fully saturated rings. The number of hydrogen-bond acceptors (Lipinski definition) is 5. The summed E-state index contributed by atoms with van der Waals surface area (Å²) in [4.78, 5) is 4.59. The molecule has 3 aromatic rings. The van der Waals surface area contributed by atoms with Gasteiger partial charge in [-0.25, -0.2) is 9.07 Å². The van der Waals surface area contributed by atoms with Gasteiger partial charge in [0.15, 0.2) is 0 Å². The molecule has 0 unspecified atom stereocenters. The van der Waals surface area contributed by atoms with Crippen molar-refractivity contribution < 1.29 is 9.13 Å². The lowest BCUT2D eigenvalue weighted by molar-refractivity contribution is 0.194. The van der Waals surface area contributed by atoms with E-state index < -0.39 is 0 Å². The Hall–Kier alpha value is -2.71. The molecule has 2 aromatic carbocycles. The van der Waals surface area contributed by atoms with Gasteiger partial charge in [-0.1, -0.05) is 0 Å². The topological polar surface area (TPSA) is 38.5 Å². The zero-order valence-corrected chi connectivity index (χ0v) is 16.5. The molecule has 1 saturated heterocycles. The molecule has 0 bridgehead atoms. The highest BCUT2D eigenvalue weighted by Crippen LogP contribution is 2.18. The van der Waals surface area contributed by atoms with Crippen molar-refractivity contribution in [2.75, 3.05) is 38.2 Å². The van der Waals surface area contributed by atoms with Crippen molar-refractivity contribution in [1.82, 2.24) is 19.2 Å². The summed E-state index contributed by atoms with van der Waals surface area (Å²) >= 11 is 5.61. The molecule has 0 atom stereocenters. The Labute approximate surface area is 168 Å². The molecule has 1 aromatic heterocycles. The van der Waals surface area contributed by atoms with E-state index in [9.17, 15) is 4.39 Å². The van der Waals surface area contributed by atoms with Crippen molar-refractivity contribution in [3.63, 3.8) is 0 Å². The molecule has 6 nitrogen and oxygen atoms in total. The second-order valence-corrected chi connectivity index (χ2v) is 7.07. The van der Waals surface area contributed by atoms with Gasteiger partial charge in [0, 0.05) is 37.6 Å². The number of benzene rings is 2. The van der Waals surface area contributed by atoms with Gasteiger partial charge in [0.2, 0.25) is 4.77 Å². The van der Waals surface area contributed by atoms with Crippen LogP contribution in [0.15, 0.2) is 54.9 Å². The van der Waals surface area contributed by atoms with E-state index in [-0.39, 0.29) is 5.82 Å². The van der Waals surface area contributed by atoms with Crippen molar-refractivity contribution in [2.24, 2.45) is 0 Å².